The minimum atomic E-state index is -0.495. The number of benzene rings is 2. The van der Waals surface area contributed by atoms with E-state index in [9.17, 15) is 14.9 Å². The Bertz CT molecular complexity index is 780. The van der Waals surface area contributed by atoms with Gasteiger partial charge in [0.1, 0.15) is 12.4 Å². The number of hydrogen-bond donors (Lipinski definition) is 0. The quantitative estimate of drug-likeness (QED) is 0.337. The molecule has 0 unspecified atom stereocenters. The number of esters is 1. The third kappa shape index (κ3) is 4.49. The van der Waals surface area contributed by atoms with Gasteiger partial charge in [0, 0.05) is 28.2 Å². The summed E-state index contributed by atoms with van der Waals surface area (Å²) in [5, 5.41) is 11.0. The molecule has 2 aromatic rings. The first-order chi connectivity index (χ1) is 12.1. The van der Waals surface area contributed by atoms with Crippen LogP contribution in [0.2, 0.25) is 0 Å². The zero-order valence-electron chi connectivity index (χ0n) is 13.2. The van der Waals surface area contributed by atoms with Crippen LogP contribution >= 0.6 is 11.8 Å². The summed E-state index contributed by atoms with van der Waals surface area (Å²) in [6.45, 7) is 0.204. The van der Waals surface area contributed by atoms with E-state index in [1.165, 1.54) is 23.9 Å². The van der Waals surface area contributed by atoms with E-state index in [2.05, 4.69) is 0 Å². The molecule has 1 aliphatic heterocycles. The predicted molar refractivity (Wildman–Crippen MR) is 90.3 cm³/mol. The van der Waals surface area contributed by atoms with Gasteiger partial charge in [-0.15, -0.1) is 11.8 Å². The van der Waals surface area contributed by atoms with Crippen LogP contribution in [0.5, 0.6) is 5.75 Å². The van der Waals surface area contributed by atoms with Gasteiger partial charge in [-0.25, -0.2) is 0 Å². The molecule has 0 bridgehead atoms. The van der Waals surface area contributed by atoms with Crippen molar-refractivity contribution < 1.29 is 23.9 Å². The molecule has 0 aromatic heterocycles. The van der Waals surface area contributed by atoms with Gasteiger partial charge >= 0.3 is 5.97 Å². The third-order valence-corrected chi connectivity index (χ3v) is 4.46. The fourth-order valence-electron chi connectivity index (χ4n) is 2.35. The lowest BCUT2D eigenvalue weighted by Gasteiger charge is -2.20. The van der Waals surface area contributed by atoms with Crippen molar-refractivity contribution in [3.8, 4) is 5.75 Å². The van der Waals surface area contributed by atoms with Crippen LogP contribution in [-0.4, -0.2) is 23.4 Å². The molecule has 8 heteroatoms. The molecule has 0 spiro atoms. The Labute approximate surface area is 148 Å². The van der Waals surface area contributed by atoms with Crippen molar-refractivity contribution in [2.75, 3.05) is 12.5 Å². The second kappa shape index (κ2) is 8.00. The molecule has 0 amide bonds. The Morgan fingerprint density at radius 1 is 1.28 bits per heavy atom. The minimum Gasteiger partial charge on any atom is -0.467 e. The van der Waals surface area contributed by atoms with Crippen molar-refractivity contribution in [1.29, 1.82) is 0 Å². The number of hydrogen-bond acceptors (Lipinski definition) is 7. The molecular formula is C17H15NO6S. The Morgan fingerprint density at radius 2 is 2.08 bits per heavy atom. The molecule has 2 aromatic carbocycles. The van der Waals surface area contributed by atoms with Gasteiger partial charge < -0.3 is 14.2 Å². The minimum absolute atomic E-state index is 0.0651. The van der Waals surface area contributed by atoms with Crippen LogP contribution in [0.25, 0.3) is 0 Å². The van der Waals surface area contributed by atoms with E-state index in [1.807, 2.05) is 30.3 Å². The van der Waals surface area contributed by atoms with E-state index < -0.39 is 10.9 Å². The first-order valence-electron chi connectivity index (χ1n) is 7.47. The normalized spacial score (nSPS) is 12.8. The van der Waals surface area contributed by atoms with Gasteiger partial charge in [0.2, 0.25) is 0 Å². The van der Waals surface area contributed by atoms with Crippen LogP contribution in [0.15, 0.2) is 47.4 Å². The molecule has 0 fully saturated rings. The highest BCUT2D eigenvalue weighted by Crippen LogP contribution is 2.33. The maximum atomic E-state index is 11.9. The highest BCUT2D eigenvalue weighted by molar-refractivity contribution is 8.00. The van der Waals surface area contributed by atoms with Crippen molar-refractivity contribution in [2.45, 2.75) is 18.1 Å². The summed E-state index contributed by atoms with van der Waals surface area (Å²) in [6.07, 6.45) is 0. The zero-order valence-corrected chi connectivity index (χ0v) is 14.0. The molecule has 0 atom stereocenters. The SMILES string of the molecule is O=C(CSc1ccccc1)OCc1cc([N+](=O)[O-])cc2c1OCOC2. The Morgan fingerprint density at radius 3 is 2.84 bits per heavy atom. The van der Waals surface area contributed by atoms with E-state index in [4.69, 9.17) is 14.2 Å². The fourth-order valence-corrected chi connectivity index (χ4v) is 3.07. The van der Waals surface area contributed by atoms with Crippen molar-refractivity contribution in [3.05, 3.63) is 63.7 Å². The molecule has 1 heterocycles. The molecule has 3 rings (SSSR count). The summed E-state index contributed by atoms with van der Waals surface area (Å²) in [6, 6.07) is 12.3. The van der Waals surface area contributed by atoms with E-state index in [0.29, 0.717) is 16.9 Å². The molecule has 0 N–H and O–H groups in total. The second-order valence-corrected chi connectivity index (χ2v) is 6.27. The monoisotopic (exact) mass is 361 g/mol. The highest BCUT2D eigenvalue weighted by atomic mass is 32.2. The topological polar surface area (TPSA) is 87.9 Å². The maximum absolute atomic E-state index is 11.9. The van der Waals surface area contributed by atoms with Gasteiger partial charge in [0.15, 0.2) is 6.79 Å². The first kappa shape index (κ1) is 17.2. The summed E-state index contributed by atoms with van der Waals surface area (Å²) in [7, 11) is 0. The number of non-ortho nitro benzene ring substituents is 1. The summed E-state index contributed by atoms with van der Waals surface area (Å²) < 4.78 is 15.8. The van der Waals surface area contributed by atoms with Crippen molar-refractivity contribution in [2.24, 2.45) is 0 Å². The first-order valence-corrected chi connectivity index (χ1v) is 8.46. The van der Waals surface area contributed by atoms with Gasteiger partial charge in [-0.1, -0.05) is 18.2 Å². The molecule has 130 valence electrons. The standard InChI is InChI=1S/C17H15NO6S/c19-16(10-25-15-4-2-1-3-5-15)23-9-13-7-14(18(20)21)6-12-8-22-11-24-17(12)13/h1-7H,8-11H2. The third-order valence-electron chi connectivity index (χ3n) is 3.47. The molecule has 1 aliphatic rings. The van der Waals surface area contributed by atoms with Gasteiger partial charge in [0.25, 0.3) is 5.69 Å². The maximum Gasteiger partial charge on any atom is 0.316 e. The molecule has 0 saturated heterocycles. The molecule has 0 saturated carbocycles. The van der Waals surface area contributed by atoms with Crippen molar-refractivity contribution >= 4 is 23.4 Å². The number of rotatable bonds is 6. The van der Waals surface area contributed by atoms with Crippen LogP contribution in [0.1, 0.15) is 11.1 Å². The van der Waals surface area contributed by atoms with Crippen LogP contribution in [0, 0.1) is 10.1 Å². The summed E-state index contributed by atoms with van der Waals surface area (Å²) in [4.78, 5) is 23.5. The van der Waals surface area contributed by atoms with Gasteiger partial charge in [-0.2, -0.15) is 0 Å². The molecule has 0 aliphatic carbocycles. The number of nitro groups is 1. The number of nitrogens with zero attached hydrogens (tertiary/aromatic N) is 1. The largest absolute Gasteiger partial charge is 0.467 e. The van der Waals surface area contributed by atoms with Crippen molar-refractivity contribution in [3.63, 3.8) is 0 Å². The second-order valence-electron chi connectivity index (χ2n) is 5.22. The van der Waals surface area contributed by atoms with Gasteiger partial charge in [-0.3, -0.25) is 14.9 Å². The Kier molecular flexibility index (Phi) is 5.52. The van der Waals surface area contributed by atoms with Crippen LogP contribution in [0.3, 0.4) is 0 Å². The van der Waals surface area contributed by atoms with E-state index in [1.54, 1.807) is 0 Å². The van der Waals surface area contributed by atoms with E-state index >= 15 is 0 Å². The van der Waals surface area contributed by atoms with Crippen LogP contribution in [-0.2, 0) is 27.5 Å². The van der Waals surface area contributed by atoms with Gasteiger partial charge in [-0.05, 0) is 12.1 Å². The number of thioether (sulfide) groups is 1. The smallest absolute Gasteiger partial charge is 0.316 e. The molecule has 0 radical (unpaired) electrons. The lowest BCUT2D eigenvalue weighted by molar-refractivity contribution is -0.385. The summed E-state index contributed by atoms with van der Waals surface area (Å²) >= 11 is 1.37. The predicted octanol–water partition coefficient (Wildman–Crippen LogP) is 3.30. The summed E-state index contributed by atoms with van der Waals surface area (Å²) in [5.74, 6) is 0.243. The summed E-state index contributed by atoms with van der Waals surface area (Å²) in [5.41, 5.74) is 0.952. The lowest BCUT2D eigenvalue weighted by Crippen LogP contribution is -2.15. The van der Waals surface area contributed by atoms with Gasteiger partial charge in [0.05, 0.1) is 17.3 Å². The average molecular weight is 361 g/mol. The molecule has 25 heavy (non-hydrogen) atoms. The number of carbonyl (C=O) groups is 1. The molecule has 7 nitrogen and oxygen atoms in total. The Hall–Kier alpha value is -2.58. The van der Waals surface area contributed by atoms with Crippen LogP contribution in [0.4, 0.5) is 5.69 Å². The Balaban J connectivity index is 1.64. The average Bonchev–Trinajstić information content (AvgIpc) is 2.65. The van der Waals surface area contributed by atoms with E-state index in [-0.39, 0.29) is 31.4 Å². The number of fused-ring (bicyclic) bond motifs is 1. The number of carbonyl (C=O) groups excluding carboxylic acids is 1. The number of nitro benzene ring substituents is 1. The fraction of sp³-hybridized carbons (Fsp3) is 0.235. The highest BCUT2D eigenvalue weighted by Gasteiger charge is 2.21. The van der Waals surface area contributed by atoms with Crippen LogP contribution < -0.4 is 4.74 Å². The number of ether oxygens (including phenoxy) is 3. The zero-order chi connectivity index (χ0) is 17.6. The lowest BCUT2D eigenvalue weighted by atomic mass is 10.1. The molecular weight excluding hydrogens is 346 g/mol. The van der Waals surface area contributed by atoms with Crippen molar-refractivity contribution in [1.82, 2.24) is 0 Å². The van der Waals surface area contributed by atoms with E-state index in [0.717, 1.165) is 4.90 Å².